The predicted molar refractivity (Wildman–Crippen MR) is 74.7 cm³/mol. The highest BCUT2D eigenvalue weighted by Crippen LogP contribution is 2.25. The van der Waals surface area contributed by atoms with Crippen LogP contribution in [-0.2, 0) is 11.2 Å². The van der Waals surface area contributed by atoms with Crippen molar-refractivity contribution in [1.29, 1.82) is 0 Å². The molecule has 0 saturated heterocycles. The summed E-state index contributed by atoms with van der Waals surface area (Å²) in [5, 5.41) is 3.37. The van der Waals surface area contributed by atoms with E-state index in [4.69, 9.17) is 0 Å². The fourth-order valence-electron chi connectivity index (χ4n) is 2.36. The molecule has 1 aliphatic rings. The smallest absolute Gasteiger partial charge is 0.245 e. The highest BCUT2D eigenvalue weighted by Gasteiger charge is 2.27. The van der Waals surface area contributed by atoms with Gasteiger partial charge in [0.25, 0.3) is 0 Å². The maximum absolute atomic E-state index is 12.4. The Hall–Kier alpha value is -1.51. The lowest BCUT2D eigenvalue weighted by Gasteiger charge is -2.32. The number of amides is 1. The number of fused-ring (bicyclic) bond motifs is 1. The lowest BCUT2D eigenvalue weighted by atomic mass is 9.97. The summed E-state index contributed by atoms with van der Waals surface area (Å²) >= 11 is 0. The van der Waals surface area contributed by atoms with Crippen molar-refractivity contribution >= 4 is 11.6 Å². The SMILES string of the molecule is CCC(C)N(C)C(=O)C1CCc2ccccc2N1. The second-order valence-electron chi connectivity index (χ2n) is 5.10. The molecule has 0 spiro atoms. The Balaban J connectivity index is 2.07. The summed E-state index contributed by atoms with van der Waals surface area (Å²) in [7, 11) is 1.90. The van der Waals surface area contributed by atoms with E-state index in [2.05, 4.69) is 31.3 Å². The van der Waals surface area contributed by atoms with Crippen molar-refractivity contribution in [3.05, 3.63) is 29.8 Å². The molecule has 0 radical (unpaired) electrons. The topological polar surface area (TPSA) is 32.3 Å². The molecule has 3 heteroatoms. The third kappa shape index (κ3) is 2.50. The van der Waals surface area contributed by atoms with Crippen LogP contribution < -0.4 is 5.32 Å². The monoisotopic (exact) mass is 246 g/mol. The number of hydrogen-bond donors (Lipinski definition) is 1. The molecule has 1 amide bonds. The lowest BCUT2D eigenvalue weighted by Crippen LogP contribution is -2.46. The molecule has 1 aliphatic heterocycles. The van der Waals surface area contributed by atoms with Crippen molar-refractivity contribution in [3.8, 4) is 0 Å². The minimum absolute atomic E-state index is 0.0705. The fraction of sp³-hybridized carbons (Fsp3) is 0.533. The first-order valence-corrected chi connectivity index (χ1v) is 6.74. The van der Waals surface area contributed by atoms with Crippen molar-refractivity contribution < 1.29 is 4.79 Å². The molecule has 1 heterocycles. The minimum Gasteiger partial charge on any atom is -0.373 e. The van der Waals surface area contributed by atoms with Crippen molar-refractivity contribution in [3.63, 3.8) is 0 Å². The predicted octanol–water partition coefficient (Wildman–Crippen LogP) is 2.67. The molecule has 2 rings (SSSR count). The van der Waals surface area contributed by atoms with Crippen molar-refractivity contribution in [2.75, 3.05) is 12.4 Å². The van der Waals surface area contributed by atoms with Crippen LogP contribution in [0.3, 0.4) is 0 Å². The van der Waals surface area contributed by atoms with Crippen LogP contribution in [0.25, 0.3) is 0 Å². The first-order chi connectivity index (χ1) is 8.63. The highest BCUT2D eigenvalue weighted by atomic mass is 16.2. The summed E-state index contributed by atoms with van der Waals surface area (Å²) in [6.07, 6.45) is 2.86. The van der Waals surface area contributed by atoms with Gasteiger partial charge in [0.2, 0.25) is 5.91 Å². The molecular weight excluding hydrogens is 224 g/mol. The maximum Gasteiger partial charge on any atom is 0.245 e. The van der Waals surface area contributed by atoms with Crippen LogP contribution in [0.15, 0.2) is 24.3 Å². The van der Waals surface area contributed by atoms with Crippen molar-refractivity contribution in [2.45, 2.75) is 45.2 Å². The third-order valence-electron chi connectivity index (χ3n) is 3.95. The zero-order valence-electron chi connectivity index (χ0n) is 11.4. The average molecular weight is 246 g/mol. The molecule has 1 aromatic carbocycles. The largest absolute Gasteiger partial charge is 0.373 e. The van der Waals surface area contributed by atoms with Crippen LogP contribution in [0.1, 0.15) is 32.3 Å². The molecule has 3 nitrogen and oxygen atoms in total. The Labute approximate surface area is 109 Å². The second-order valence-corrected chi connectivity index (χ2v) is 5.10. The number of likely N-dealkylation sites (N-methyl/N-ethyl adjacent to an activating group) is 1. The molecule has 1 aromatic rings. The van der Waals surface area contributed by atoms with Gasteiger partial charge in [-0.1, -0.05) is 25.1 Å². The van der Waals surface area contributed by atoms with E-state index in [9.17, 15) is 4.79 Å². The van der Waals surface area contributed by atoms with Crippen molar-refractivity contribution in [2.24, 2.45) is 0 Å². The number of carbonyl (C=O) groups excluding carboxylic acids is 1. The number of para-hydroxylation sites is 1. The minimum atomic E-state index is -0.0705. The van der Waals surface area contributed by atoms with Gasteiger partial charge in [0.15, 0.2) is 0 Å². The van der Waals surface area contributed by atoms with E-state index in [1.165, 1.54) is 5.56 Å². The molecule has 18 heavy (non-hydrogen) atoms. The van der Waals surface area contributed by atoms with E-state index in [0.717, 1.165) is 24.9 Å². The molecule has 0 aliphatic carbocycles. The summed E-state index contributed by atoms with van der Waals surface area (Å²) < 4.78 is 0. The number of benzene rings is 1. The van der Waals surface area contributed by atoms with E-state index in [1.807, 2.05) is 24.1 Å². The first-order valence-electron chi connectivity index (χ1n) is 6.74. The van der Waals surface area contributed by atoms with Gasteiger partial charge in [0.1, 0.15) is 6.04 Å². The van der Waals surface area contributed by atoms with E-state index in [1.54, 1.807) is 0 Å². The van der Waals surface area contributed by atoms with Crippen LogP contribution in [0, 0.1) is 0 Å². The lowest BCUT2D eigenvalue weighted by molar-refractivity contribution is -0.132. The van der Waals surface area contributed by atoms with E-state index < -0.39 is 0 Å². The Morgan fingerprint density at radius 1 is 1.50 bits per heavy atom. The molecule has 2 atom stereocenters. The Morgan fingerprint density at radius 3 is 2.94 bits per heavy atom. The number of nitrogens with zero attached hydrogens (tertiary/aromatic N) is 1. The van der Waals surface area contributed by atoms with Gasteiger partial charge in [-0.25, -0.2) is 0 Å². The van der Waals surface area contributed by atoms with Gasteiger partial charge in [0.05, 0.1) is 0 Å². The Morgan fingerprint density at radius 2 is 2.22 bits per heavy atom. The van der Waals surface area contributed by atoms with Gasteiger partial charge >= 0.3 is 0 Å². The van der Waals surface area contributed by atoms with Crippen LogP contribution in [0.4, 0.5) is 5.69 Å². The molecule has 0 aromatic heterocycles. The normalized spacial score (nSPS) is 19.6. The second kappa shape index (κ2) is 5.42. The summed E-state index contributed by atoms with van der Waals surface area (Å²) in [6.45, 7) is 4.20. The average Bonchev–Trinajstić information content (AvgIpc) is 2.44. The summed E-state index contributed by atoms with van der Waals surface area (Å²) in [5.41, 5.74) is 2.42. The number of hydrogen-bond acceptors (Lipinski definition) is 2. The standard InChI is InChI=1S/C15H22N2O/c1-4-11(2)17(3)15(18)14-10-9-12-7-5-6-8-13(12)16-14/h5-8,11,14,16H,4,9-10H2,1-3H3. The van der Waals surface area contributed by atoms with E-state index in [-0.39, 0.29) is 11.9 Å². The van der Waals surface area contributed by atoms with E-state index in [0.29, 0.717) is 6.04 Å². The Kier molecular flexibility index (Phi) is 3.90. The summed E-state index contributed by atoms with van der Waals surface area (Å²) in [6, 6.07) is 8.47. The van der Waals surface area contributed by atoms with Gasteiger partial charge in [-0.2, -0.15) is 0 Å². The third-order valence-corrected chi connectivity index (χ3v) is 3.95. The number of carbonyl (C=O) groups is 1. The number of anilines is 1. The van der Waals surface area contributed by atoms with Crippen LogP contribution >= 0.6 is 0 Å². The first kappa shape index (κ1) is 12.9. The van der Waals surface area contributed by atoms with E-state index >= 15 is 0 Å². The van der Waals surface area contributed by atoms with Crippen LogP contribution in [-0.4, -0.2) is 29.9 Å². The summed E-state index contributed by atoms with van der Waals surface area (Å²) in [5.74, 6) is 0.207. The zero-order valence-corrected chi connectivity index (χ0v) is 11.4. The van der Waals surface area contributed by atoms with Crippen LogP contribution in [0.2, 0.25) is 0 Å². The zero-order chi connectivity index (χ0) is 13.1. The van der Waals surface area contributed by atoms with Gasteiger partial charge in [-0.15, -0.1) is 0 Å². The highest BCUT2D eigenvalue weighted by molar-refractivity contribution is 5.85. The molecule has 1 N–H and O–H groups in total. The maximum atomic E-state index is 12.4. The van der Waals surface area contributed by atoms with Crippen LogP contribution in [0.5, 0.6) is 0 Å². The molecule has 0 fully saturated rings. The summed E-state index contributed by atoms with van der Waals surface area (Å²) in [4.78, 5) is 14.2. The number of nitrogens with one attached hydrogen (secondary N) is 1. The molecule has 2 unspecified atom stereocenters. The molecular formula is C15H22N2O. The molecule has 98 valence electrons. The molecule has 0 saturated carbocycles. The van der Waals surface area contributed by atoms with Crippen molar-refractivity contribution in [1.82, 2.24) is 4.90 Å². The van der Waals surface area contributed by atoms with Gasteiger partial charge in [-0.05, 0) is 37.8 Å². The van der Waals surface area contributed by atoms with Gasteiger partial charge < -0.3 is 10.2 Å². The Bertz CT molecular complexity index is 430. The fourth-order valence-corrected chi connectivity index (χ4v) is 2.36. The quantitative estimate of drug-likeness (QED) is 0.889. The molecule has 0 bridgehead atoms. The van der Waals surface area contributed by atoms with Gasteiger partial charge in [0, 0.05) is 18.8 Å². The van der Waals surface area contributed by atoms with Gasteiger partial charge in [-0.3, -0.25) is 4.79 Å². The number of rotatable bonds is 3. The number of aryl methyl sites for hydroxylation is 1.